The second-order valence-corrected chi connectivity index (χ2v) is 7.33. The van der Waals surface area contributed by atoms with Gasteiger partial charge in [-0.25, -0.2) is 0 Å². The van der Waals surface area contributed by atoms with E-state index < -0.39 is 0 Å². The molecule has 6 heteroatoms. The normalized spacial score (nSPS) is 11.9. The highest BCUT2D eigenvalue weighted by Gasteiger charge is 2.17. The Morgan fingerprint density at radius 3 is 2.59 bits per heavy atom. The molecule has 2 aromatic carbocycles. The van der Waals surface area contributed by atoms with Crippen molar-refractivity contribution in [1.82, 2.24) is 10.2 Å². The Labute approximate surface area is 177 Å². The molecule has 2 rings (SSSR count). The second kappa shape index (κ2) is 10.7. The van der Waals surface area contributed by atoms with E-state index in [9.17, 15) is 9.59 Å². The van der Waals surface area contributed by atoms with Crippen LogP contribution in [0.2, 0.25) is 5.02 Å². The molecule has 2 amide bonds. The topological polar surface area (TPSA) is 58.6 Å². The number of amides is 2. The van der Waals surface area contributed by atoms with Crippen LogP contribution in [0.5, 0.6) is 5.75 Å². The molecular weight excluding hydrogens is 388 g/mol. The Hall–Kier alpha value is -2.79. The first-order chi connectivity index (χ1) is 13.8. The van der Waals surface area contributed by atoms with Gasteiger partial charge in [-0.05, 0) is 42.7 Å². The number of ether oxygens (including phenoxy) is 1. The Morgan fingerprint density at radius 1 is 1.21 bits per heavy atom. The van der Waals surface area contributed by atoms with Crippen LogP contribution in [0.25, 0.3) is 6.08 Å². The van der Waals surface area contributed by atoms with Gasteiger partial charge in [-0.1, -0.05) is 48.9 Å². The highest BCUT2D eigenvalue weighted by molar-refractivity contribution is 6.31. The number of carbonyl (C=O) groups is 2. The number of nitrogens with one attached hydrogen (secondary N) is 1. The Balaban J connectivity index is 2.09. The maximum atomic E-state index is 12.4. The van der Waals surface area contributed by atoms with Crippen molar-refractivity contribution >= 4 is 29.5 Å². The SMILES string of the molecule is CCC(NC(=O)/C=C/c1ccc(C)c(Cl)c1)c1ccccc1OCC(=O)N(C)C. The highest BCUT2D eigenvalue weighted by atomic mass is 35.5. The van der Waals surface area contributed by atoms with Gasteiger partial charge in [-0.15, -0.1) is 0 Å². The number of aryl methyl sites for hydroxylation is 1. The summed E-state index contributed by atoms with van der Waals surface area (Å²) in [4.78, 5) is 25.7. The van der Waals surface area contributed by atoms with Crippen LogP contribution < -0.4 is 10.1 Å². The second-order valence-electron chi connectivity index (χ2n) is 6.93. The van der Waals surface area contributed by atoms with E-state index in [4.69, 9.17) is 16.3 Å². The van der Waals surface area contributed by atoms with Gasteiger partial charge in [0.25, 0.3) is 5.91 Å². The van der Waals surface area contributed by atoms with E-state index in [1.165, 1.54) is 11.0 Å². The highest BCUT2D eigenvalue weighted by Crippen LogP contribution is 2.27. The van der Waals surface area contributed by atoms with E-state index in [1.54, 1.807) is 26.2 Å². The summed E-state index contributed by atoms with van der Waals surface area (Å²) in [6, 6.07) is 12.8. The van der Waals surface area contributed by atoms with Gasteiger partial charge in [-0.2, -0.15) is 0 Å². The van der Waals surface area contributed by atoms with Crippen molar-refractivity contribution in [2.75, 3.05) is 20.7 Å². The predicted octanol–water partition coefficient (Wildman–Crippen LogP) is 4.40. The van der Waals surface area contributed by atoms with E-state index in [2.05, 4.69) is 5.32 Å². The van der Waals surface area contributed by atoms with Crippen molar-refractivity contribution in [3.8, 4) is 5.75 Å². The third-order valence-corrected chi connectivity index (χ3v) is 4.90. The number of para-hydroxylation sites is 1. The average molecular weight is 415 g/mol. The monoisotopic (exact) mass is 414 g/mol. The summed E-state index contributed by atoms with van der Waals surface area (Å²) in [5, 5.41) is 3.66. The molecule has 0 aliphatic rings. The van der Waals surface area contributed by atoms with E-state index in [0.29, 0.717) is 17.2 Å². The zero-order valence-electron chi connectivity index (χ0n) is 17.2. The number of benzene rings is 2. The molecule has 1 atom stereocenters. The molecule has 1 unspecified atom stereocenters. The maximum Gasteiger partial charge on any atom is 0.259 e. The van der Waals surface area contributed by atoms with Gasteiger partial charge in [-0.3, -0.25) is 9.59 Å². The molecular formula is C23H27ClN2O3. The fraction of sp³-hybridized carbons (Fsp3) is 0.304. The summed E-state index contributed by atoms with van der Waals surface area (Å²) in [6.45, 7) is 3.86. The van der Waals surface area contributed by atoms with Crippen molar-refractivity contribution in [3.63, 3.8) is 0 Å². The molecule has 0 bridgehead atoms. The van der Waals surface area contributed by atoms with Gasteiger partial charge < -0.3 is 15.0 Å². The number of hydrogen-bond acceptors (Lipinski definition) is 3. The number of halogens is 1. The summed E-state index contributed by atoms with van der Waals surface area (Å²) in [5.74, 6) is 0.244. The van der Waals surface area contributed by atoms with Crippen LogP contribution in [0.4, 0.5) is 0 Å². The third-order valence-electron chi connectivity index (χ3n) is 4.49. The molecule has 1 N–H and O–H groups in total. The molecule has 0 saturated carbocycles. The summed E-state index contributed by atoms with van der Waals surface area (Å²) in [6.07, 6.45) is 3.90. The van der Waals surface area contributed by atoms with Gasteiger partial charge in [0.15, 0.2) is 6.61 Å². The minimum atomic E-state index is -0.237. The smallest absolute Gasteiger partial charge is 0.259 e. The number of likely N-dealkylation sites (N-methyl/N-ethyl adjacent to an activating group) is 1. The molecule has 0 fully saturated rings. The molecule has 0 radical (unpaired) electrons. The minimum Gasteiger partial charge on any atom is -0.483 e. The fourth-order valence-electron chi connectivity index (χ4n) is 2.67. The molecule has 0 aliphatic carbocycles. The molecule has 0 heterocycles. The van der Waals surface area contributed by atoms with Crippen LogP contribution in [-0.2, 0) is 9.59 Å². The maximum absolute atomic E-state index is 12.4. The molecule has 29 heavy (non-hydrogen) atoms. The van der Waals surface area contributed by atoms with E-state index in [0.717, 1.165) is 16.7 Å². The molecule has 5 nitrogen and oxygen atoms in total. The van der Waals surface area contributed by atoms with Crippen LogP contribution in [-0.4, -0.2) is 37.4 Å². The van der Waals surface area contributed by atoms with Gasteiger partial charge in [0.05, 0.1) is 6.04 Å². The van der Waals surface area contributed by atoms with E-state index in [-0.39, 0.29) is 24.5 Å². The first kappa shape index (κ1) is 22.5. The molecule has 0 spiro atoms. The number of carbonyl (C=O) groups excluding carboxylic acids is 2. The van der Waals surface area contributed by atoms with Crippen LogP contribution >= 0.6 is 11.6 Å². The van der Waals surface area contributed by atoms with Crippen molar-refractivity contribution in [2.45, 2.75) is 26.3 Å². The third kappa shape index (κ3) is 6.64. The van der Waals surface area contributed by atoms with Crippen LogP contribution in [0, 0.1) is 6.92 Å². The lowest BCUT2D eigenvalue weighted by Gasteiger charge is -2.20. The van der Waals surface area contributed by atoms with Crippen LogP contribution in [0.15, 0.2) is 48.5 Å². The lowest BCUT2D eigenvalue weighted by atomic mass is 10.0. The zero-order chi connectivity index (χ0) is 21.4. The van der Waals surface area contributed by atoms with Gasteiger partial charge in [0.1, 0.15) is 5.75 Å². The van der Waals surface area contributed by atoms with Gasteiger partial charge in [0.2, 0.25) is 5.91 Å². The van der Waals surface area contributed by atoms with Crippen LogP contribution in [0.1, 0.15) is 36.1 Å². The first-order valence-corrected chi connectivity index (χ1v) is 9.86. The molecule has 154 valence electrons. The van der Waals surface area contributed by atoms with Crippen molar-refractivity contribution in [3.05, 3.63) is 70.3 Å². The summed E-state index contributed by atoms with van der Waals surface area (Å²) in [5.41, 5.74) is 2.68. The van der Waals surface area contributed by atoms with Crippen molar-refractivity contribution in [2.24, 2.45) is 0 Å². The van der Waals surface area contributed by atoms with Gasteiger partial charge in [0, 0.05) is 30.8 Å². The largest absolute Gasteiger partial charge is 0.483 e. The Kier molecular flexibility index (Phi) is 8.28. The van der Waals surface area contributed by atoms with Crippen molar-refractivity contribution < 1.29 is 14.3 Å². The summed E-state index contributed by atoms with van der Waals surface area (Å²) < 4.78 is 5.70. The zero-order valence-corrected chi connectivity index (χ0v) is 18.0. The number of rotatable bonds is 8. The summed E-state index contributed by atoms with van der Waals surface area (Å²) >= 11 is 6.13. The average Bonchev–Trinajstić information content (AvgIpc) is 2.71. The van der Waals surface area contributed by atoms with Gasteiger partial charge >= 0.3 is 0 Å². The summed E-state index contributed by atoms with van der Waals surface area (Å²) in [7, 11) is 3.36. The molecule has 0 aliphatic heterocycles. The van der Waals surface area contributed by atoms with Crippen LogP contribution in [0.3, 0.4) is 0 Å². The number of hydrogen-bond donors (Lipinski definition) is 1. The van der Waals surface area contributed by atoms with E-state index in [1.807, 2.05) is 50.2 Å². The minimum absolute atomic E-state index is 0.0531. The standard InChI is InChI=1S/C23H27ClN2O3/c1-5-20(18-8-6-7-9-21(18)29-15-23(28)26(3)4)25-22(27)13-12-17-11-10-16(2)19(24)14-17/h6-14,20H,5,15H2,1-4H3,(H,25,27)/b13-12+. The lowest BCUT2D eigenvalue weighted by molar-refractivity contribution is -0.130. The van der Waals surface area contributed by atoms with Crippen molar-refractivity contribution in [1.29, 1.82) is 0 Å². The quantitative estimate of drug-likeness (QED) is 0.651. The number of nitrogens with zero attached hydrogens (tertiary/aromatic N) is 1. The van der Waals surface area contributed by atoms with E-state index >= 15 is 0 Å². The lowest BCUT2D eigenvalue weighted by Crippen LogP contribution is -2.29. The predicted molar refractivity (Wildman–Crippen MR) is 117 cm³/mol. The molecule has 0 saturated heterocycles. The molecule has 2 aromatic rings. The fourth-order valence-corrected chi connectivity index (χ4v) is 2.86. The molecule has 0 aromatic heterocycles. The Morgan fingerprint density at radius 2 is 1.93 bits per heavy atom. The Bertz CT molecular complexity index is 893. The first-order valence-electron chi connectivity index (χ1n) is 9.48.